The minimum atomic E-state index is -3.75. The van der Waals surface area contributed by atoms with Gasteiger partial charge in [0.25, 0.3) is 5.91 Å². The second-order valence-electron chi connectivity index (χ2n) is 7.00. The van der Waals surface area contributed by atoms with Crippen molar-refractivity contribution >= 4 is 27.5 Å². The van der Waals surface area contributed by atoms with E-state index in [4.69, 9.17) is 10.5 Å². The maximum atomic E-state index is 13.0. The summed E-state index contributed by atoms with van der Waals surface area (Å²) in [4.78, 5) is 23.7. The van der Waals surface area contributed by atoms with Crippen LogP contribution in [0.25, 0.3) is 0 Å². The molecule has 3 rings (SSSR count). The van der Waals surface area contributed by atoms with Crippen LogP contribution in [-0.2, 0) is 14.8 Å². The van der Waals surface area contributed by atoms with Gasteiger partial charge in [-0.1, -0.05) is 6.07 Å². The number of nitrogens with one attached hydrogen (secondary N) is 1. The van der Waals surface area contributed by atoms with E-state index in [2.05, 4.69) is 5.32 Å². The van der Waals surface area contributed by atoms with Crippen LogP contribution < -0.4 is 11.1 Å². The van der Waals surface area contributed by atoms with Crippen LogP contribution in [0, 0.1) is 0 Å². The minimum absolute atomic E-state index is 0.0514. The van der Waals surface area contributed by atoms with E-state index in [0.29, 0.717) is 11.3 Å². The molecule has 0 aromatic heterocycles. The van der Waals surface area contributed by atoms with Gasteiger partial charge in [0, 0.05) is 29.9 Å². The van der Waals surface area contributed by atoms with Gasteiger partial charge in [0.15, 0.2) is 0 Å². The fourth-order valence-corrected chi connectivity index (χ4v) is 4.83. The van der Waals surface area contributed by atoms with Crippen LogP contribution >= 0.6 is 0 Å². The molecule has 1 saturated heterocycles. The molecule has 154 valence electrons. The molecule has 2 aromatic carbocycles. The third kappa shape index (κ3) is 4.81. The molecule has 1 heterocycles. The Morgan fingerprint density at radius 3 is 2.24 bits per heavy atom. The van der Waals surface area contributed by atoms with E-state index in [0.717, 1.165) is 0 Å². The zero-order chi connectivity index (χ0) is 21.2. The summed E-state index contributed by atoms with van der Waals surface area (Å²) in [5.74, 6) is -1.02. The average molecular weight is 417 g/mol. The molecule has 0 radical (unpaired) electrons. The molecule has 1 fully saturated rings. The Morgan fingerprint density at radius 1 is 1.03 bits per heavy atom. The number of nitrogens with two attached hydrogens (primary N) is 1. The summed E-state index contributed by atoms with van der Waals surface area (Å²) in [7, 11) is -3.75. The van der Waals surface area contributed by atoms with Crippen LogP contribution in [0.4, 0.5) is 5.69 Å². The summed E-state index contributed by atoms with van der Waals surface area (Å²) >= 11 is 0. The number of hydrogen-bond acceptors (Lipinski definition) is 5. The molecule has 2 amide bonds. The predicted molar refractivity (Wildman–Crippen MR) is 108 cm³/mol. The molecule has 1 aliphatic heterocycles. The molecule has 1 aliphatic rings. The van der Waals surface area contributed by atoms with Gasteiger partial charge in [0.2, 0.25) is 15.9 Å². The number of rotatable bonds is 5. The second kappa shape index (κ2) is 8.32. The van der Waals surface area contributed by atoms with Crippen LogP contribution in [0.2, 0.25) is 0 Å². The summed E-state index contributed by atoms with van der Waals surface area (Å²) in [6, 6.07) is 12.0. The van der Waals surface area contributed by atoms with Gasteiger partial charge >= 0.3 is 0 Å². The van der Waals surface area contributed by atoms with Crippen molar-refractivity contribution in [2.75, 3.05) is 18.4 Å². The SMILES string of the molecule is C[C@H]1CN(S(=O)(=O)c2cccc(C(=O)Nc3ccc(C(N)=O)cc3)c2)C[C@H](C)O1. The Kier molecular flexibility index (Phi) is 6.02. The van der Waals surface area contributed by atoms with Gasteiger partial charge in [-0.25, -0.2) is 8.42 Å². The number of carbonyl (C=O) groups is 2. The van der Waals surface area contributed by atoms with Gasteiger partial charge in [-0.2, -0.15) is 4.31 Å². The largest absolute Gasteiger partial charge is 0.373 e. The molecule has 29 heavy (non-hydrogen) atoms. The number of hydrogen-bond donors (Lipinski definition) is 2. The van der Waals surface area contributed by atoms with Crippen molar-refractivity contribution in [2.24, 2.45) is 5.73 Å². The van der Waals surface area contributed by atoms with Crippen molar-refractivity contribution < 1.29 is 22.7 Å². The zero-order valence-corrected chi connectivity index (χ0v) is 17.0. The number of benzene rings is 2. The molecule has 0 aliphatic carbocycles. The Labute approximate surface area is 169 Å². The van der Waals surface area contributed by atoms with E-state index in [9.17, 15) is 18.0 Å². The van der Waals surface area contributed by atoms with Crippen molar-refractivity contribution in [2.45, 2.75) is 31.0 Å². The number of sulfonamides is 1. The molecule has 0 spiro atoms. The molecular weight excluding hydrogens is 394 g/mol. The van der Waals surface area contributed by atoms with Crippen LogP contribution in [-0.4, -0.2) is 49.8 Å². The number of ether oxygens (including phenoxy) is 1. The van der Waals surface area contributed by atoms with E-state index < -0.39 is 21.8 Å². The molecule has 9 heteroatoms. The van der Waals surface area contributed by atoms with Crippen molar-refractivity contribution in [3.63, 3.8) is 0 Å². The number of anilines is 1. The first-order valence-electron chi connectivity index (χ1n) is 9.13. The van der Waals surface area contributed by atoms with E-state index in [1.807, 2.05) is 13.8 Å². The molecular formula is C20H23N3O5S. The average Bonchev–Trinajstić information content (AvgIpc) is 2.67. The lowest BCUT2D eigenvalue weighted by Gasteiger charge is -2.34. The Bertz CT molecular complexity index is 1010. The first-order chi connectivity index (χ1) is 13.7. The van der Waals surface area contributed by atoms with E-state index in [1.165, 1.54) is 40.7 Å². The number of carbonyl (C=O) groups excluding carboxylic acids is 2. The highest BCUT2D eigenvalue weighted by Crippen LogP contribution is 2.22. The van der Waals surface area contributed by atoms with Gasteiger partial charge in [0.1, 0.15) is 0 Å². The van der Waals surface area contributed by atoms with Crippen molar-refractivity contribution in [3.05, 3.63) is 59.7 Å². The number of morpholine rings is 1. The normalized spacial score (nSPS) is 20.2. The highest BCUT2D eigenvalue weighted by molar-refractivity contribution is 7.89. The lowest BCUT2D eigenvalue weighted by atomic mass is 10.2. The van der Waals surface area contributed by atoms with Crippen LogP contribution in [0.1, 0.15) is 34.6 Å². The zero-order valence-electron chi connectivity index (χ0n) is 16.2. The Hall–Kier alpha value is -2.75. The molecule has 0 bridgehead atoms. The number of amides is 2. The molecule has 0 saturated carbocycles. The molecule has 2 aromatic rings. The topological polar surface area (TPSA) is 119 Å². The lowest BCUT2D eigenvalue weighted by Crippen LogP contribution is -2.48. The second-order valence-corrected chi connectivity index (χ2v) is 8.94. The third-order valence-corrected chi connectivity index (χ3v) is 6.38. The van der Waals surface area contributed by atoms with Crippen molar-refractivity contribution in [1.82, 2.24) is 4.31 Å². The quantitative estimate of drug-likeness (QED) is 0.769. The van der Waals surface area contributed by atoms with Gasteiger partial charge in [-0.3, -0.25) is 9.59 Å². The third-order valence-electron chi connectivity index (χ3n) is 4.55. The van der Waals surface area contributed by atoms with Crippen LogP contribution in [0.3, 0.4) is 0 Å². The summed E-state index contributed by atoms with van der Waals surface area (Å²) in [6.45, 7) is 4.17. The highest BCUT2D eigenvalue weighted by atomic mass is 32.2. The van der Waals surface area contributed by atoms with Crippen LogP contribution in [0.5, 0.6) is 0 Å². The number of nitrogens with zero attached hydrogens (tertiary/aromatic N) is 1. The van der Waals surface area contributed by atoms with Crippen LogP contribution in [0.15, 0.2) is 53.4 Å². The first kappa shape index (κ1) is 21.0. The summed E-state index contributed by atoms with van der Waals surface area (Å²) in [5.41, 5.74) is 6.19. The molecule has 0 unspecified atom stereocenters. The smallest absolute Gasteiger partial charge is 0.255 e. The van der Waals surface area contributed by atoms with Gasteiger partial charge in [-0.15, -0.1) is 0 Å². The van der Waals surface area contributed by atoms with Crippen molar-refractivity contribution in [3.8, 4) is 0 Å². The molecule has 8 nitrogen and oxygen atoms in total. The molecule has 3 N–H and O–H groups in total. The maximum Gasteiger partial charge on any atom is 0.255 e. The van der Waals surface area contributed by atoms with Gasteiger partial charge < -0.3 is 15.8 Å². The molecule has 2 atom stereocenters. The maximum absolute atomic E-state index is 13.0. The summed E-state index contributed by atoms with van der Waals surface area (Å²) in [5, 5.41) is 2.68. The van der Waals surface area contributed by atoms with Crippen molar-refractivity contribution in [1.29, 1.82) is 0 Å². The predicted octanol–water partition coefficient (Wildman–Crippen LogP) is 1.84. The lowest BCUT2D eigenvalue weighted by molar-refractivity contribution is -0.0440. The van der Waals surface area contributed by atoms with E-state index in [1.54, 1.807) is 12.1 Å². The monoisotopic (exact) mass is 417 g/mol. The summed E-state index contributed by atoms with van der Waals surface area (Å²) in [6.07, 6.45) is -0.410. The van der Waals surface area contributed by atoms with Gasteiger partial charge in [-0.05, 0) is 56.3 Å². The van der Waals surface area contributed by atoms with Gasteiger partial charge in [0.05, 0.1) is 17.1 Å². The Morgan fingerprint density at radius 2 is 1.66 bits per heavy atom. The first-order valence-corrected chi connectivity index (χ1v) is 10.6. The highest BCUT2D eigenvalue weighted by Gasteiger charge is 2.32. The van der Waals surface area contributed by atoms with E-state index in [-0.39, 0.29) is 35.8 Å². The standard InChI is InChI=1S/C20H23N3O5S/c1-13-11-23(12-14(2)28-13)29(26,27)18-5-3-4-16(10-18)20(25)22-17-8-6-15(7-9-17)19(21)24/h3-10,13-14H,11-12H2,1-2H3,(H2,21,24)(H,22,25)/t13-,14-/m0/s1. The minimum Gasteiger partial charge on any atom is -0.373 e. The summed E-state index contributed by atoms with van der Waals surface area (Å²) < 4.78 is 33.0. The Balaban J connectivity index is 1.79. The fraction of sp³-hybridized carbons (Fsp3) is 0.300. The number of primary amides is 1. The fourth-order valence-electron chi connectivity index (χ4n) is 3.19. The van der Waals surface area contributed by atoms with E-state index >= 15 is 0 Å².